The molecule has 0 N–H and O–H groups in total. The third-order valence-electron chi connectivity index (χ3n) is 13.8. The summed E-state index contributed by atoms with van der Waals surface area (Å²) in [6.45, 7) is 0. The summed E-state index contributed by atoms with van der Waals surface area (Å²) < 4.78 is 6.68. The number of para-hydroxylation sites is 1. The molecule has 13 rings (SSSR count). The molecule has 0 saturated heterocycles. The molecular weight excluding hydrogens is 887 g/mol. The Hall–Kier alpha value is -9.77. The summed E-state index contributed by atoms with van der Waals surface area (Å²) >= 11 is 0. The number of hydrogen-bond donors (Lipinski definition) is 0. The molecule has 0 amide bonds. The molecule has 0 aliphatic carbocycles. The highest BCUT2D eigenvalue weighted by molar-refractivity contribution is 6.16. The predicted octanol–water partition coefficient (Wildman–Crippen LogP) is 18.4. The van der Waals surface area contributed by atoms with E-state index in [1.165, 1.54) is 0 Å². The standard InChI is InChI=1S/C69H45N3O/c1-7-21-46(22-8-1)47-35-39-54(40-36-47)68-70-67(53-31-17-6-18-32-53)71-69(72-68)55-41-37-52(38-42-55)65-63(50-27-13-4-14-28-50)61(48-23-9-2-10-24-48)62(49-25-11-3-12-26-49)64(51-29-15-5-16-30-51)66(65)56-43-44-58-57-33-19-20-34-59(57)73-60(58)45-56/h1-45H. The van der Waals surface area contributed by atoms with Crippen LogP contribution in [0.5, 0.6) is 0 Å². The molecule has 0 aliphatic rings. The van der Waals surface area contributed by atoms with E-state index in [2.05, 4.69) is 224 Å². The van der Waals surface area contributed by atoms with Crippen molar-refractivity contribution in [2.75, 3.05) is 0 Å². The highest BCUT2D eigenvalue weighted by Crippen LogP contribution is 2.56. The smallest absolute Gasteiger partial charge is 0.164 e. The van der Waals surface area contributed by atoms with Gasteiger partial charge in [-0.1, -0.05) is 255 Å². The summed E-state index contributed by atoms with van der Waals surface area (Å²) in [5.41, 5.74) is 20.0. The van der Waals surface area contributed by atoms with E-state index in [4.69, 9.17) is 19.4 Å². The van der Waals surface area contributed by atoms with Crippen molar-refractivity contribution in [1.29, 1.82) is 0 Å². The summed E-state index contributed by atoms with van der Waals surface area (Å²) in [6, 6.07) is 96.4. The lowest BCUT2D eigenvalue weighted by Gasteiger charge is -2.29. The van der Waals surface area contributed by atoms with Crippen molar-refractivity contribution in [2.24, 2.45) is 0 Å². The van der Waals surface area contributed by atoms with Crippen LogP contribution in [0.3, 0.4) is 0 Å². The Balaban J connectivity index is 1.09. The first-order valence-corrected chi connectivity index (χ1v) is 24.7. The number of fused-ring (bicyclic) bond motifs is 3. The second kappa shape index (κ2) is 18.9. The Morgan fingerprint density at radius 3 is 0.877 bits per heavy atom. The van der Waals surface area contributed by atoms with E-state index in [9.17, 15) is 0 Å². The predicted molar refractivity (Wildman–Crippen MR) is 301 cm³/mol. The second-order valence-corrected chi connectivity index (χ2v) is 18.2. The third-order valence-corrected chi connectivity index (χ3v) is 13.8. The normalized spacial score (nSPS) is 11.3. The SMILES string of the molecule is c1ccc(-c2ccc(-c3nc(-c4ccccc4)nc(-c4ccc(-c5c(-c6ccccc6)c(-c6ccccc6)c(-c6ccccc6)c(-c6ccccc6)c5-c5ccc6c(c5)oc5ccccc56)cc4)n3)cc2)cc1. The zero-order valence-corrected chi connectivity index (χ0v) is 39.7. The van der Waals surface area contributed by atoms with Gasteiger partial charge in [0.15, 0.2) is 17.5 Å². The Morgan fingerprint density at radius 2 is 0.452 bits per heavy atom. The average molecular weight is 932 g/mol. The van der Waals surface area contributed by atoms with Gasteiger partial charge in [0.2, 0.25) is 0 Å². The monoisotopic (exact) mass is 931 g/mol. The quantitative estimate of drug-likeness (QED) is 0.137. The number of benzene rings is 11. The van der Waals surface area contributed by atoms with Crippen molar-refractivity contribution in [1.82, 2.24) is 15.0 Å². The molecule has 4 nitrogen and oxygen atoms in total. The second-order valence-electron chi connectivity index (χ2n) is 18.2. The van der Waals surface area contributed by atoms with Gasteiger partial charge in [0.25, 0.3) is 0 Å². The summed E-state index contributed by atoms with van der Waals surface area (Å²) in [5.74, 6) is 1.82. The number of rotatable bonds is 10. The fraction of sp³-hybridized carbons (Fsp3) is 0. The van der Waals surface area contributed by atoms with Crippen LogP contribution >= 0.6 is 0 Å². The Bertz CT molecular complexity index is 4070. The molecule has 0 unspecified atom stereocenters. The maximum absolute atomic E-state index is 6.68. The van der Waals surface area contributed by atoms with Gasteiger partial charge in [-0.3, -0.25) is 0 Å². The molecule has 0 atom stereocenters. The summed E-state index contributed by atoms with van der Waals surface area (Å²) in [6.07, 6.45) is 0. The highest BCUT2D eigenvalue weighted by atomic mass is 16.3. The summed E-state index contributed by atoms with van der Waals surface area (Å²) in [5, 5.41) is 2.18. The van der Waals surface area contributed by atoms with Crippen molar-refractivity contribution in [3.8, 4) is 112 Å². The van der Waals surface area contributed by atoms with E-state index >= 15 is 0 Å². The molecule has 342 valence electrons. The van der Waals surface area contributed by atoms with E-state index in [1.807, 2.05) is 48.5 Å². The van der Waals surface area contributed by atoms with Crippen molar-refractivity contribution in [2.45, 2.75) is 0 Å². The largest absolute Gasteiger partial charge is 0.456 e. The van der Waals surface area contributed by atoms with Crippen LogP contribution in [0.1, 0.15) is 0 Å². The molecule has 0 fully saturated rings. The van der Waals surface area contributed by atoms with Crippen molar-refractivity contribution < 1.29 is 4.42 Å². The van der Waals surface area contributed by atoms with Gasteiger partial charge in [-0.15, -0.1) is 0 Å². The van der Waals surface area contributed by atoms with Gasteiger partial charge in [-0.05, 0) is 96.1 Å². The van der Waals surface area contributed by atoms with Gasteiger partial charge in [0.05, 0.1) is 0 Å². The van der Waals surface area contributed by atoms with Gasteiger partial charge in [0.1, 0.15) is 11.2 Å². The first-order valence-electron chi connectivity index (χ1n) is 24.7. The lowest BCUT2D eigenvalue weighted by molar-refractivity contribution is 0.669. The molecule has 73 heavy (non-hydrogen) atoms. The van der Waals surface area contributed by atoms with Crippen LogP contribution in [0.4, 0.5) is 0 Å². The van der Waals surface area contributed by atoms with Gasteiger partial charge >= 0.3 is 0 Å². The van der Waals surface area contributed by atoms with Gasteiger partial charge < -0.3 is 4.42 Å². The average Bonchev–Trinajstić information content (AvgIpc) is 3.86. The minimum atomic E-state index is 0.593. The van der Waals surface area contributed by atoms with Crippen LogP contribution in [-0.4, -0.2) is 15.0 Å². The number of aromatic nitrogens is 3. The van der Waals surface area contributed by atoms with Crippen molar-refractivity contribution in [3.63, 3.8) is 0 Å². The van der Waals surface area contributed by atoms with Crippen LogP contribution in [0.15, 0.2) is 277 Å². The first kappa shape index (κ1) is 43.3. The summed E-state index contributed by atoms with van der Waals surface area (Å²) in [4.78, 5) is 15.4. The van der Waals surface area contributed by atoms with Crippen LogP contribution < -0.4 is 0 Å². The molecule has 0 aliphatic heterocycles. The zero-order chi connectivity index (χ0) is 48.5. The van der Waals surface area contributed by atoms with Crippen LogP contribution in [0, 0.1) is 0 Å². The first-order chi connectivity index (χ1) is 36.2. The molecule has 0 radical (unpaired) electrons. The Kier molecular flexibility index (Phi) is 11.2. The van der Waals surface area contributed by atoms with Crippen LogP contribution in [0.25, 0.3) is 134 Å². The zero-order valence-electron chi connectivity index (χ0n) is 39.7. The molecule has 2 aromatic heterocycles. The van der Waals surface area contributed by atoms with E-state index in [0.717, 1.165) is 117 Å². The van der Waals surface area contributed by atoms with E-state index in [0.29, 0.717) is 17.5 Å². The molecule has 2 heterocycles. The maximum Gasteiger partial charge on any atom is 0.164 e. The Labute approximate surface area is 424 Å². The lowest BCUT2D eigenvalue weighted by atomic mass is 9.74. The number of nitrogens with zero attached hydrogens (tertiary/aromatic N) is 3. The molecule has 0 saturated carbocycles. The third kappa shape index (κ3) is 8.17. The van der Waals surface area contributed by atoms with Gasteiger partial charge in [-0.25, -0.2) is 15.0 Å². The topological polar surface area (TPSA) is 51.8 Å². The van der Waals surface area contributed by atoms with Crippen LogP contribution in [0.2, 0.25) is 0 Å². The summed E-state index contributed by atoms with van der Waals surface area (Å²) in [7, 11) is 0. The minimum Gasteiger partial charge on any atom is -0.456 e. The number of furan rings is 1. The van der Waals surface area contributed by atoms with Gasteiger partial charge in [-0.2, -0.15) is 0 Å². The fourth-order valence-corrected chi connectivity index (χ4v) is 10.4. The number of hydrogen-bond acceptors (Lipinski definition) is 4. The fourth-order valence-electron chi connectivity index (χ4n) is 10.4. The Morgan fingerprint density at radius 1 is 0.192 bits per heavy atom. The van der Waals surface area contributed by atoms with Crippen LogP contribution in [-0.2, 0) is 0 Å². The van der Waals surface area contributed by atoms with E-state index in [-0.39, 0.29) is 0 Å². The molecule has 4 heteroatoms. The molecule has 0 spiro atoms. The lowest BCUT2D eigenvalue weighted by Crippen LogP contribution is -2.02. The molecular formula is C69H45N3O. The van der Waals surface area contributed by atoms with Crippen molar-refractivity contribution >= 4 is 21.9 Å². The maximum atomic E-state index is 6.68. The minimum absolute atomic E-state index is 0.593. The molecule has 13 aromatic rings. The molecule has 11 aromatic carbocycles. The van der Waals surface area contributed by atoms with E-state index in [1.54, 1.807) is 0 Å². The highest BCUT2D eigenvalue weighted by Gasteiger charge is 2.29. The van der Waals surface area contributed by atoms with E-state index < -0.39 is 0 Å². The molecule has 0 bridgehead atoms. The van der Waals surface area contributed by atoms with Gasteiger partial charge in [0, 0.05) is 27.5 Å². The van der Waals surface area contributed by atoms with Crippen molar-refractivity contribution in [3.05, 3.63) is 273 Å².